The quantitative estimate of drug-likeness (QED) is 0.769. The van der Waals surface area contributed by atoms with Crippen molar-refractivity contribution in [1.82, 2.24) is 10.2 Å². The number of hydrogen-bond donors (Lipinski definition) is 2. The minimum absolute atomic E-state index is 0. The van der Waals surface area contributed by atoms with Crippen LogP contribution >= 0.6 is 12.4 Å². The molecule has 1 fully saturated rings. The van der Waals surface area contributed by atoms with E-state index in [2.05, 4.69) is 5.32 Å². The molecule has 6 heteroatoms. The van der Waals surface area contributed by atoms with Crippen molar-refractivity contribution in [2.45, 2.75) is 32.1 Å². The predicted molar refractivity (Wildman–Crippen MR) is 73.5 cm³/mol. The first kappa shape index (κ1) is 17.2. The monoisotopic (exact) mass is 277 g/mol. The number of hydrogen-bond acceptors (Lipinski definition) is 3. The van der Waals surface area contributed by atoms with Crippen molar-refractivity contribution >= 4 is 24.2 Å². The maximum absolute atomic E-state index is 12.0. The number of nitrogens with one attached hydrogen (secondary N) is 1. The average molecular weight is 278 g/mol. The fourth-order valence-electron chi connectivity index (χ4n) is 2.27. The van der Waals surface area contributed by atoms with E-state index >= 15 is 0 Å². The Morgan fingerprint density at radius 3 is 2.28 bits per heavy atom. The minimum Gasteiger partial charge on any atom is -0.355 e. The van der Waals surface area contributed by atoms with Crippen LogP contribution in [-0.4, -0.2) is 43.9 Å². The second-order valence-corrected chi connectivity index (χ2v) is 4.99. The van der Waals surface area contributed by atoms with Gasteiger partial charge in [-0.15, -0.1) is 12.4 Å². The van der Waals surface area contributed by atoms with E-state index in [0.717, 1.165) is 25.7 Å². The Hall–Kier alpha value is -0.810. The highest BCUT2D eigenvalue weighted by atomic mass is 35.5. The molecule has 0 unspecified atom stereocenters. The van der Waals surface area contributed by atoms with E-state index in [-0.39, 0.29) is 29.6 Å². The van der Waals surface area contributed by atoms with Crippen LogP contribution in [0, 0.1) is 5.41 Å². The topological polar surface area (TPSA) is 75.4 Å². The minimum atomic E-state index is -0.374. The number of halogens is 1. The smallest absolute Gasteiger partial charge is 0.227 e. The molecule has 0 atom stereocenters. The molecule has 0 aromatic carbocycles. The Bertz CT molecular complexity index is 289. The van der Waals surface area contributed by atoms with Crippen molar-refractivity contribution < 1.29 is 9.59 Å². The van der Waals surface area contributed by atoms with Crippen molar-refractivity contribution in [2.75, 3.05) is 27.2 Å². The molecule has 3 N–H and O–H groups in total. The zero-order valence-corrected chi connectivity index (χ0v) is 12.0. The number of nitrogens with two attached hydrogens (primary N) is 1. The summed E-state index contributed by atoms with van der Waals surface area (Å²) in [6.07, 6.45) is 4.23. The van der Waals surface area contributed by atoms with E-state index in [9.17, 15) is 9.59 Å². The zero-order chi connectivity index (χ0) is 12.9. The van der Waals surface area contributed by atoms with Crippen LogP contribution in [0.2, 0.25) is 0 Å². The molecule has 0 aliphatic heterocycles. The van der Waals surface area contributed by atoms with Crippen molar-refractivity contribution in [2.24, 2.45) is 11.1 Å². The van der Waals surface area contributed by atoms with Gasteiger partial charge in [0.1, 0.15) is 0 Å². The van der Waals surface area contributed by atoms with E-state index in [0.29, 0.717) is 19.5 Å². The lowest BCUT2D eigenvalue weighted by Crippen LogP contribution is -2.45. The lowest BCUT2D eigenvalue weighted by Gasteiger charge is -2.25. The van der Waals surface area contributed by atoms with Crippen molar-refractivity contribution in [3.63, 3.8) is 0 Å². The van der Waals surface area contributed by atoms with Gasteiger partial charge in [0.25, 0.3) is 0 Å². The van der Waals surface area contributed by atoms with Gasteiger partial charge in [0.15, 0.2) is 0 Å². The normalized spacial score (nSPS) is 16.8. The van der Waals surface area contributed by atoms with E-state index in [1.165, 1.54) is 4.90 Å². The summed E-state index contributed by atoms with van der Waals surface area (Å²) in [5.41, 5.74) is 5.34. The predicted octanol–water partition coefficient (Wildman–Crippen LogP) is 0.522. The number of carbonyl (C=O) groups is 2. The summed E-state index contributed by atoms with van der Waals surface area (Å²) < 4.78 is 0. The maximum atomic E-state index is 12.0. The molecule has 1 saturated carbocycles. The van der Waals surface area contributed by atoms with Crippen molar-refractivity contribution in [3.8, 4) is 0 Å². The highest BCUT2D eigenvalue weighted by Crippen LogP contribution is 2.37. The van der Waals surface area contributed by atoms with Crippen LogP contribution in [0.3, 0.4) is 0 Å². The Labute approximate surface area is 115 Å². The molecule has 0 radical (unpaired) electrons. The molecule has 0 aromatic rings. The maximum Gasteiger partial charge on any atom is 0.227 e. The Kier molecular flexibility index (Phi) is 7.25. The molecule has 0 aromatic heterocycles. The van der Waals surface area contributed by atoms with Crippen LogP contribution in [0.1, 0.15) is 32.1 Å². The molecule has 0 heterocycles. The highest BCUT2D eigenvalue weighted by Gasteiger charge is 2.39. The molecule has 106 valence electrons. The van der Waals surface area contributed by atoms with Crippen LogP contribution in [0.25, 0.3) is 0 Å². The largest absolute Gasteiger partial charge is 0.355 e. The summed E-state index contributed by atoms with van der Waals surface area (Å²) in [6.45, 7) is 0.804. The second kappa shape index (κ2) is 7.59. The van der Waals surface area contributed by atoms with Crippen molar-refractivity contribution in [3.05, 3.63) is 0 Å². The summed E-state index contributed by atoms with van der Waals surface area (Å²) in [7, 11) is 3.42. The third-order valence-corrected chi connectivity index (χ3v) is 3.56. The Morgan fingerprint density at radius 2 is 1.83 bits per heavy atom. The third-order valence-electron chi connectivity index (χ3n) is 3.56. The fourth-order valence-corrected chi connectivity index (χ4v) is 2.27. The molecule has 1 rings (SSSR count). The van der Waals surface area contributed by atoms with Gasteiger partial charge < -0.3 is 16.0 Å². The van der Waals surface area contributed by atoms with E-state index < -0.39 is 0 Å². The van der Waals surface area contributed by atoms with Crippen LogP contribution in [0.15, 0.2) is 0 Å². The summed E-state index contributed by atoms with van der Waals surface area (Å²) in [5.74, 6) is 0.0441. The number of amides is 2. The standard InChI is InChI=1S/C12H23N3O2.ClH/c1-15(2)10(16)5-8-14-11(17)12(9-13)6-3-4-7-12;/h3-9,13H2,1-2H3,(H,14,17);1H. The number of rotatable bonds is 5. The van der Waals surface area contributed by atoms with Crippen molar-refractivity contribution in [1.29, 1.82) is 0 Å². The van der Waals surface area contributed by atoms with Gasteiger partial charge in [-0.2, -0.15) is 0 Å². The Morgan fingerprint density at radius 1 is 1.28 bits per heavy atom. The molecule has 18 heavy (non-hydrogen) atoms. The first-order valence-corrected chi connectivity index (χ1v) is 6.20. The summed E-state index contributed by atoms with van der Waals surface area (Å²) >= 11 is 0. The molecule has 1 aliphatic carbocycles. The molecule has 0 spiro atoms. The summed E-state index contributed by atoms with van der Waals surface area (Å²) in [4.78, 5) is 24.9. The zero-order valence-electron chi connectivity index (χ0n) is 11.2. The summed E-state index contributed by atoms with van der Waals surface area (Å²) in [6, 6.07) is 0. The fraction of sp³-hybridized carbons (Fsp3) is 0.833. The van der Waals surface area contributed by atoms with Gasteiger partial charge in [-0.25, -0.2) is 0 Å². The van der Waals surface area contributed by atoms with Crippen LogP contribution in [0.4, 0.5) is 0 Å². The van der Waals surface area contributed by atoms with Crippen LogP contribution in [-0.2, 0) is 9.59 Å². The van der Waals surface area contributed by atoms with Gasteiger partial charge in [-0.1, -0.05) is 12.8 Å². The molecule has 2 amide bonds. The summed E-state index contributed by atoms with van der Waals surface area (Å²) in [5, 5.41) is 2.84. The highest BCUT2D eigenvalue weighted by molar-refractivity contribution is 5.85. The van der Waals surface area contributed by atoms with E-state index in [4.69, 9.17) is 5.73 Å². The van der Waals surface area contributed by atoms with Gasteiger partial charge in [0, 0.05) is 33.6 Å². The van der Waals surface area contributed by atoms with Crippen LogP contribution in [0.5, 0.6) is 0 Å². The molecule has 1 aliphatic rings. The van der Waals surface area contributed by atoms with Gasteiger partial charge in [0.05, 0.1) is 5.41 Å². The second-order valence-electron chi connectivity index (χ2n) is 4.99. The molecule has 0 bridgehead atoms. The first-order valence-electron chi connectivity index (χ1n) is 6.20. The number of carbonyl (C=O) groups excluding carboxylic acids is 2. The van der Waals surface area contributed by atoms with Gasteiger partial charge in [-0.05, 0) is 12.8 Å². The molecule has 5 nitrogen and oxygen atoms in total. The van der Waals surface area contributed by atoms with E-state index in [1.807, 2.05) is 0 Å². The SMILES string of the molecule is CN(C)C(=O)CCNC(=O)C1(CN)CCCC1.Cl. The van der Waals surface area contributed by atoms with Crippen LogP contribution < -0.4 is 11.1 Å². The Balaban J connectivity index is 0.00000289. The molecule has 0 saturated heterocycles. The van der Waals surface area contributed by atoms with Gasteiger partial charge in [-0.3, -0.25) is 9.59 Å². The lowest BCUT2D eigenvalue weighted by atomic mass is 9.85. The molecular weight excluding hydrogens is 254 g/mol. The number of nitrogens with zero attached hydrogens (tertiary/aromatic N) is 1. The third kappa shape index (κ3) is 4.14. The van der Waals surface area contributed by atoms with E-state index in [1.54, 1.807) is 14.1 Å². The van der Waals surface area contributed by atoms with Gasteiger partial charge >= 0.3 is 0 Å². The first-order chi connectivity index (χ1) is 8.02. The average Bonchev–Trinajstić information content (AvgIpc) is 2.78. The lowest BCUT2D eigenvalue weighted by molar-refractivity contribution is -0.131. The van der Waals surface area contributed by atoms with Gasteiger partial charge in [0.2, 0.25) is 11.8 Å². The molecular formula is C12H24ClN3O2.